The molecular formula is C14H18BClN2O3S2. The third-order valence-corrected chi connectivity index (χ3v) is 8.09. The van der Waals surface area contributed by atoms with Crippen LogP contribution in [0.1, 0.15) is 38.5 Å². The summed E-state index contributed by atoms with van der Waals surface area (Å²) in [4.78, 5) is 4.48. The van der Waals surface area contributed by atoms with Crippen LogP contribution in [0.4, 0.5) is 0 Å². The van der Waals surface area contributed by atoms with Gasteiger partial charge >= 0.3 is 146 Å². The van der Waals surface area contributed by atoms with Crippen LogP contribution >= 0.6 is 22.9 Å². The number of nitrogens with one attached hydrogen (secondary N) is 1. The molecule has 23 heavy (non-hydrogen) atoms. The second-order valence-corrected chi connectivity index (χ2v) is 9.88. The van der Waals surface area contributed by atoms with E-state index >= 15 is 0 Å². The van der Waals surface area contributed by atoms with Gasteiger partial charge < -0.3 is 0 Å². The second kappa shape index (κ2) is 6.74. The van der Waals surface area contributed by atoms with E-state index in [1.165, 1.54) is 12.2 Å². The molecular weight excluding hydrogens is 355 g/mol. The Balaban J connectivity index is 1.92. The number of fused-ring (bicyclic) bond motifs is 2. The third-order valence-electron chi connectivity index (χ3n) is 4.92. The third kappa shape index (κ3) is 3.45. The molecule has 3 rings (SSSR count). The molecule has 0 radical (unpaired) electrons. The molecule has 0 aliphatic heterocycles. The van der Waals surface area contributed by atoms with Crippen molar-refractivity contribution in [1.82, 2.24) is 4.72 Å². The zero-order chi connectivity index (χ0) is 16.5. The van der Waals surface area contributed by atoms with Crippen LogP contribution in [0, 0.1) is 5.92 Å². The van der Waals surface area contributed by atoms with Crippen molar-refractivity contribution in [3.63, 3.8) is 0 Å². The first kappa shape index (κ1) is 17.3. The van der Waals surface area contributed by atoms with Gasteiger partial charge in [0.05, 0.1) is 0 Å². The molecule has 9 heteroatoms. The molecule has 0 saturated heterocycles. The van der Waals surface area contributed by atoms with Gasteiger partial charge in [-0.15, -0.1) is 0 Å². The maximum atomic E-state index is 12.7. The summed E-state index contributed by atoms with van der Waals surface area (Å²) in [6, 6.07) is 2.85. The molecule has 2 aliphatic rings. The fourth-order valence-corrected chi connectivity index (χ4v) is 6.76. The zero-order valence-electron chi connectivity index (χ0n) is 12.6. The van der Waals surface area contributed by atoms with Crippen LogP contribution < -0.4 is 4.72 Å². The predicted molar refractivity (Wildman–Crippen MR) is 92.3 cm³/mol. The van der Waals surface area contributed by atoms with Gasteiger partial charge in [0, 0.05) is 0 Å². The van der Waals surface area contributed by atoms with E-state index in [2.05, 4.69) is 9.71 Å². The van der Waals surface area contributed by atoms with E-state index in [0.29, 0.717) is 11.5 Å². The number of hydrogen-bond acceptors (Lipinski definition) is 5. The van der Waals surface area contributed by atoms with E-state index in [1.807, 2.05) is 0 Å². The minimum atomic E-state index is -3.62. The van der Waals surface area contributed by atoms with E-state index in [4.69, 9.17) is 11.6 Å². The first-order chi connectivity index (χ1) is 11.0. The molecule has 3 unspecified atom stereocenters. The summed E-state index contributed by atoms with van der Waals surface area (Å²) in [5.74, 6) is 0.270. The number of hydrogen-bond donors (Lipinski definition) is 1. The summed E-state index contributed by atoms with van der Waals surface area (Å²) in [5.41, 5.74) is -0.490. The van der Waals surface area contributed by atoms with Crippen molar-refractivity contribution < 1.29 is 13.1 Å². The topological polar surface area (TPSA) is 75.6 Å². The molecule has 2 aliphatic carbocycles. The van der Waals surface area contributed by atoms with Crippen LogP contribution in [-0.4, -0.2) is 33.3 Å². The normalized spacial score (nSPS) is 31.2. The summed E-state index contributed by atoms with van der Waals surface area (Å²) < 4.78 is 39.6. The Hall–Kier alpha value is -0.565. The molecule has 3 atom stereocenters. The van der Waals surface area contributed by atoms with Crippen LogP contribution in [0.2, 0.25) is 4.34 Å². The van der Waals surface area contributed by atoms with Gasteiger partial charge in [0.2, 0.25) is 0 Å². The zero-order valence-corrected chi connectivity index (χ0v) is 15.0. The van der Waals surface area contributed by atoms with Crippen LogP contribution in [0.3, 0.4) is 0 Å². The Labute approximate surface area is 145 Å². The molecule has 0 amide bonds. The molecule has 5 nitrogen and oxygen atoms in total. The molecule has 1 heterocycles. The van der Waals surface area contributed by atoms with Crippen LogP contribution in [0.5, 0.6) is 0 Å². The van der Waals surface area contributed by atoms with Crippen molar-refractivity contribution in [2.75, 3.05) is 0 Å². The Morgan fingerprint density at radius 3 is 2.87 bits per heavy atom. The van der Waals surface area contributed by atoms with Crippen LogP contribution in [-0.2, 0) is 14.7 Å². The average Bonchev–Trinajstić information content (AvgIpc) is 3.01. The number of halogens is 1. The van der Waals surface area contributed by atoms with E-state index < -0.39 is 15.6 Å². The first-order valence-corrected chi connectivity index (χ1v) is 10.4. The Bertz CT molecular complexity index is 721. The molecule has 1 N–H and O–H groups in total. The summed E-state index contributed by atoms with van der Waals surface area (Å²) in [7, 11) is -2.96. The van der Waals surface area contributed by atoms with Gasteiger partial charge in [-0.1, -0.05) is 0 Å². The SMILES string of the molecule is O=B/C=N/C12CCCCC(CC1)C2NS(=O)(=O)c1ccc(Cl)s1. The number of sulfonamides is 1. The summed E-state index contributed by atoms with van der Waals surface area (Å²) in [6.07, 6.45) is 6.93. The standard InChI is InChI=1S/C14H18BClN2O3S2/c16-11-4-5-12(22-11)23(20,21)18-13-10-3-1-2-7-14(13,8-6-10)17-9-15-19/h4-5,9-10,13,18H,1-3,6-8H2/b17-9+. The summed E-state index contributed by atoms with van der Waals surface area (Å²) in [6.45, 7) is 0. The molecule has 0 aromatic carbocycles. The quantitative estimate of drug-likeness (QED) is 0.638. The Morgan fingerprint density at radius 2 is 2.17 bits per heavy atom. The summed E-state index contributed by atoms with van der Waals surface area (Å²) >= 11 is 6.91. The fraction of sp³-hybridized carbons (Fsp3) is 0.643. The molecule has 2 saturated carbocycles. The monoisotopic (exact) mass is 372 g/mol. The number of aliphatic imine (C=N–C) groups is 1. The molecule has 2 fully saturated rings. The van der Waals surface area contributed by atoms with E-state index in [0.717, 1.165) is 49.9 Å². The number of thiophene rings is 1. The predicted octanol–water partition coefficient (Wildman–Crippen LogP) is 2.85. The van der Waals surface area contributed by atoms with Gasteiger partial charge in [-0.25, -0.2) is 0 Å². The van der Waals surface area contributed by atoms with Crippen molar-refractivity contribution in [1.29, 1.82) is 0 Å². The van der Waals surface area contributed by atoms with Gasteiger partial charge in [-0.2, -0.15) is 0 Å². The Morgan fingerprint density at radius 1 is 1.35 bits per heavy atom. The van der Waals surface area contributed by atoms with Crippen molar-refractivity contribution in [3.05, 3.63) is 16.5 Å². The maximum absolute atomic E-state index is 12.7. The molecule has 1 aromatic rings. The van der Waals surface area contributed by atoms with Gasteiger partial charge in [0.1, 0.15) is 0 Å². The fourth-order valence-electron chi connectivity index (χ4n) is 3.89. The van der Waals surface area contributed by atoms with Crippen LogP contribution in [0.15, 0.2) is 21.3 Å². The van der Waals surface area contributed by atoms with Gasteiger partial charge in [-0.05, 0) is 0 Å². The van der Waals surface area contributed by atoms with Crippen molar-refractivity contribution >= 4 is 46.2 Å². The van der Waals surface area contributed by atoms with Crippen molar-refractivity contribution in [3.8, 4) is 0 Å². The van der Waals surface area contributed by atoms with Crippen molar-refractivity contribution in [2.45, 2.75) is 54.3 Å². The molecule has 0 spiro atoms. The van der Waals surface area contributed by atoms with E-state index in [1.54, 1.807) is 6.07 Å². The van der Waals surface area contributed by atoms with E-state index in [9.17, 15) is 13.1 Å². The van der Waals surface area contributed by atoms with Gasteiger partial charge in [0.25, 0.3) is 0 Å². The average molecular weight is 373 g/mol. The second-order valence-electron chi connectivity index (χ2n) is 6.22. The van der Waals surface area contributed by atoms with Gasteiger partial charge in [-0.3, -0.25) is 0 Å². The summed E-state index contributed by atoms with van der Waals surface area (Å²) in [5, 5.41) is 0. The minimum absolute atomic E-state index is 0.223. The number of rotatable bonds is 5. The first-order valence-electron chi connectivity index (χ1n) is 7.73. The van der Waals surface area contributed by atoms with Crippen molar-refractivity contribution in [2.24, 2.45) is 10.9 Å². The molecule has 2 bridgehead atoms. The van der Waals surface area contributed by atoms with Gasteiger partial charge in [0.15, 0.2) is 0 Å². The molecule has 124 valence electrons. The molecule has 1 aromatic heterocycles. The Kier molecular flexibility index (Phi) is 5.06. The van der Waals surface area contributed by atoms with Crippen LogP contribution in [0.25, 0.3) is 0 Å². The number of nitrogens with zero attached hydrogens (tertiary/aromatic N) is 1. The van der Waals surface area contributed by atoms with E-state index in [-0.39, 0.29) is 16.2 Å².